The van der Waals surface area contributed by atoms with E-state index in [-0.39, 0.29) is 17.5 Å². The Morgan fingerprint density at radius 1 is 1.12 bits per heavy atom. The van der Waals surface area contributed by atoms with Gasteiger partial charge in [0.05, 0.1) is 18.9 Å². The molecule has 1 aliphatic rings. The molecule has 6 nitrogen and oxygen atoms in total. The Hall–Kier alpha value is -3.39. The number of hydrogen-bond acceptors (Lipinski definition) is 5. The Morgan fingerprint density at radius 2 is 1.91 bits per heavy atom. The largest absolute Gasteiger partial charge is 0.378 e. The van der Waals surface area contributed by atoms with Crippen LogP contribution in [0, 0.1) is 6.92 Å². The zero-order valence-corrected chi connectivity index (χ0v) is 18.6. The summed E-state index contributed by atoms with van der Waals surface area (Å²) in [4.78, 5) is 23.7. The Kier molecular flexibility index (Phi) is 6.65. The first kappa shape index (κ1) is 22.8. The van der Waals surface area contributed by atoms with E-state index in [9.17, 15) is 13.6 Å². The molecule has 3 aromatic rings. The first-order valence-electron chi connectivity index (χ1n) is 10.9. The van der Waals surface area contributed by atoms with Gasteiger partial charge in [-0.2, -0.15) is 0 Å². The summed E-state index contributed by atoms with van der Waals surface area (Å²) in [5.74, 6) is -2.60. The minimum Gasteiger partial charge on any atom is -0.378 e. The summed E-state index contributed by atoms with van der Waals surface area (Å²) in [5.41, 5.74) is 3.16. The summed E-state index contributed by atoms with van der Waals surface area (Å²) in [6.07, 6.45) is 1.20. The summed E-state index contributed by atoms with van der Waals surface area (Å²) < 4.78 is 33.5. The van der Waals surface area contributed by atoms with Crippen LogP contribution in [0.2, 0.25) is 0 Å². The van der Waals surface area contributed by atoms with E-state index >= 15 is 0 Å². The van der Waals surface area contributed by atoms with Crippen LogP contribution >= 0.6 is 0 Å². The summed E-state index contributed by atoms with van der Waals surface area (Å²) in [6, 6.07) is 13.0. The van der Waals surface area contributed by atoms with Gasteiger partial charge in [-0.3, -0.25) is 4.79 Å². The van der Waals surface area contributed by atoms with Gasteiger partial charge in [0.15, 0.2) is 0 Å². The maximum absolute atomic E-state index is 14.1. The summed E-state index contributed by atoms with van der Waals surface area (Å²) in [7, 11) is 0. The van der Waals surface area contributed by atoms with E-state index in [1.165, 1.54) is 37.5 Å². The predicted octanol–water partition coefficient (Wildman–Crippen LogP) is 5.04. The molecule has 1 N–H and O–H groups in total. The van der Waals surface area contributed by atoms with Gasteiger partial charge in [0, 0.05) is 48.0 Å². The molecule has 0 atom stereocenters. The fourth-order valence-electron chi connectivity index (χ4n) is 3.73. The van der Waals surface area contributed by atoms with Gasteiger partial charge in [-0.1, -0.05) is 25.1 Å². The van der Waals surface area contributed by atoms with Crippen LogP contribution in [-0.2, 0) is 10.7 Å². The number of carbonyl (C=O) groups excluding carboxylic acids is 1. The number of anilines is 2. The van der Waals surface area contributed by atoms with Crippen molar-refractivity contribution >= 4 is 17.4 Å². The van der Waals surface area contributed by atoms with E-state index in [1.807, 2.05) is 25.1 Å². The van der Waals surface area contributed by atoms with Gasteiger partial charge in [0.25, 0.3) is 11.8 Å². The van der Waals surface area contributed by atoms with E-state index in [0.29, 0.717) is 18.9 Å². The molecule has 1 amide bonds. The van der Waals surface area contributed by atoms with Crippen LogP contribution in [0.4, 0.5) is 20.3 Å². The van der Waals surface area contributed by atoms with E-state index in [1.54, 1.807) is 6.07 Å². The van der Waals surface area contributed by atoms with Crippen molar-refractivity contribution in [3.8, 4) is 11.3 Å². The first-order chi connectivity index (χ1) is 15.9. The number of alkyl halides is 2. The van der Waals surface area contributed by atoms with Crippen molar-refractivity contribution in [2.45, 2.75) is 26.2 Å². The van der Waals surface area contributed by atoms with Crippen molar-refractivity contribution in [2.75, 3.05) is 36.5 Å². The number of benzene rings is 2. The van der Waals surface area contributed by atoms with E-state index in [2.05, 4.69) is 20.2 Å². The lowest BCUT2D eigenvalue weighted by molar-refractivity contribution is -0.00831. The van der Waals surface area contributed by atoms with Crippen LogP contribution in [0.15, 0.2) is 54.9 Å². The van der Waals surface area contributed by atoms with Gasteiger partial charge in [-0.15, -0.1) is 0 Å². The second-order valence-electron chi connectivity index (χ2n) is 7.98. The number of aromatic nitrogens is 2. The Labute approximate surface area is 191 Å². The third-order valence-corrected chi connectivity index (χ3v) is 5.75. The van der Waals surface area contributed by atoms with Gasteiger partial charge >= 0.3 is 0 Å². The summed E-state index contributed by atoms with van der Waals surface area (Å²) >= 11 is 0. The molecule has 1 fully saturated rings. The molecular weight excluding hydrogens is 426 g/mol. The van der Waals surface area contributed by atoms with Crippen molar-refractivity contribution in [3.05, 3.63) is 71.5 Å². The smallest absolute Gasteiger partial charge is 0.273 e. The highest BCUT2D eigenvalue weighted by molar-refractivity contribution is 6.04. The third-order valence-electron chi connectivity index (χ3n) is 5.75. The molecule has 0 bridgehead atoms. The molecule has 0 aliphatic carbocycles. The molecular formula is C25H26F2N4O2. The monoisotopic (exact) mass is 452 g/mol. The molecule has 172 valence electrons. The van der Waals surface area contributed by atoms with E-state index < -0.39 is 11.8 Å². The molecule has 2 aromatic carbocycles. The van der Waals surface area contributed by atoms with E-state index in [4.69, 9.17) is 4.74 Å². The molecule has 1 aromatic heterocycles. The molecule has 2 heterocycles. The third kappa shape index (κ3) is 5.17. The molecule has 4 rings (SSSR count). The number of rotatable bonds is 6. The molecule has 0 saturated carbocycles. The number of amides is 1. The summed E-state index contributed by atoms with van der Waals surface area (Å²) in [5, 5.41) is 2.82. The normalized spacial score (nSPS) is 14.2. The van der Waals surface area contributed by atoms with Gasteiger partial charge < -0.3 is 15.0 Å². The van der Waals surface area contributed by atoms with Crippen molar-refractivity contribution in [1.82, 2.24) is 9.97 Å². The fraction of sp³-hybridized carbons (Fsp3) is 0.320. The molecule has 1 saturated heterocycles. The van der Waals surface area contributed by atoms with E-state index in [0.717, 1.165) is 35.7 Å². The number of ether oxygens (including phenoxy) is 1. The zero-order chi connectivity index (χ0) is 23.4. The maximum Gasteiger partial charge on any atom is 0.273 e. The number of hydrogen-bond donors (Lipinski definition) is 1. The van der Waals surface area contributed by atoms with Gasteiger partial charge in [0.1, 0.15) is 12.1 Å². The Bertz CT molecular complexity index is 1150. The summed E-state index contributed by atoms with van der Waals surface area (Å²) in [6.45, 7) is 6.23. The minimum absolute atomic E-state index is 0.168. The average molecular weight is 453 g/mol. The van der Waals surface area contributed by atoms with Crippen LogP contribution in [-0.4, -0.2) is 42.2 Å². The first-order valence-corrected chi connectivity index (χ1v) is 10.9. The topological polar surface area (TPSA) is 67.4 Å². The highest BCUT2D eigenvalue weighted by atomic mass is 19.3. The van der Waals surface area contributed by atoms with Gasteiger partial charge in [0.2, 0.25) is 0 Å². The number of morpholine rings is 1. The predicted molar refractivity (Wildman–Crippen MR) is 124 cm³/mol. The van der Waals surface area contributed by atoms with Crippen LogP contribution in [0.25, 0.3) is 11.3 Å². The molecule has 0 unspecified atom stereocenters. The lowest BCUT2D eigenvalue weighted by atomic mass is 10.0. The van der Waals surface area contributed by atoms with Crippen LogP contribution in [0.3, 0.4) is 0 Å². The van der Waals surface area contributed by atoms with Crippen molar-refractivity contribution in [2.24, 2.45) is 0 Å². The maximum atomic E-state index is 14.1. The SMILES string of the molecule is CCC(F)(F)c1cccc(C(=O)Nc2ccc(C)c(-c3cc(N4CCOCC4)ncn3)c2)c1. The molecule has 0 spiro atoms. The zero-order valence-electron chi connectivity index (χ0n) is 18.6. The van der Waals surface area contributed by atoms with Crippen LogP contribution in [0.5, 0.6) is 0 Å². The number of halogens is 2. The number of nitrogens with zero attached hydrogens (tertiary/aromatic N) is 3. The molecule has 33 heavy (non-hydrogen) atoms. The Morgan fingerprint density at radius 3 is 2.67 bits per heavy atom. The van der Waals surface area contributed by atoms with Crippen molar-refractivity contribution < 1.29 is 18.3 Å². The number of nitrogens with one attached hydrogen (secondary N) is 1. The average Bonchev–Trinajstić information content (AvgIpc) is 2.86. The molecule has 8 heteroatoms. The fourth-order valence-corrected chi connectivity index (χ4v) is 3.73. The lowest BCUT2D eigenvalue weighted by Crippen LogP contribution is -2.36. The van der Waals surface area contributed by atoms with Crippen molar-refractivity contribution in [1.29, 1.82) is 0 Å². The van der Waals surface area contributed by atoms with Crippen LogP contribution < -0.4 is 10.2 Å². The number of aryl methyl sites for hydroxylation is 1. The highest BCUT2D eigenvalue weighted by Crippen LogP contribution is 2.32. The lowest BCUT2D eigenvalue weighted by Gasteiger charge is -2.27. The van der Waals surface area contributed by atoms with Crippen molar-refractivity contribution in [3.63, 3.8) is 0 Å². The van der Waals surface area contributed by atoms with Crippen LogP contribution in [0.1, 0.15) is 34.8 Å². The molecule has 0 radical (unpaired) electrons. The van der Waals surface area contributed by atoms with Gasteiger partial charge in [-0.05, 0) is 36.8 Å². The standard InChI is InChI=1S/C25H26F2N4O2/c1-3-25(26,27)19-6-4-5-18(13-19)24(32)30-20-8-7-17(2)21(14-20)22-15-23(29-16-28-22)31-9-11-33-12-10-31/h4-8,13-16H,3,9-12H2,1-2H3,(H,30,32). The number of carbonyl (C=O) groups is 1. The minimum atomic E-state index is -2.97. The molecule has 1 aliphatic heterocycles. The Balaban J connectivity index is 1.57. The quantitative estimate of drug-likeness (QED) is 0.567. The second kappa shape index (κ2) is 9.62. The highest BCUT2D eigenvalue weighted by Gasteiger charge is 2.29. The second-order valence-corrected chi connectivity index (χ2v) is 7.98. The van der Waals surface area contributed by atoms with Gasteiger partial charge in [-0.25, -0.2) is 18.7 Å².